The molecule has 0 amide bonds. The Morgan fingerprint density at radius 3 is 2.55 bits per heavy atom. The van der Waals surface area contributed by atoms with E-state index in [4.69, 9.17) is 0 Å². The molecule has 0 saturated carbocycles. The van der Waals surface area contributed by atoms with Crippen molar-refractivity contribution in [2.75, 3.05) is 6.54 Å². The van der Waals surface area contributed by atoms with Crippen LogP contribution in [-0.2, 0) is 6.42 Å². The van der Waals surface area contributed by atoms with Crippen LogP contribution >= 0.6 is 0 Å². The molecule has 0 heterocycles. The van der Waals surface area contributed by atoms with Crippen LogP contribution in [0.4, 0.5) is 0 Å². The van der Waals surface area contributed by atoms with E-state index in [0.717, 1.165) is 19.4 Å². The van der Waals surface area contributed by atoms with E-state index in [-0.39, 0.29) is 0 Å². The third-order valence-electron chi connectivity index (χ3n) is 1.66. The first kappa shape index (κ1) is 8.28. The molecule has 1 radical (unpaired) electrons. The van der Waals surface area contributed by atoms with Crippen molar-refractivity contribution >= 4 is 0 Å². The van der Waals surface area contributed by atoms with Gasteiger partial charge in [-0.25, -0.2) is 0 Å². The molecular formula is C10H14N. The minimum atomic E-state index is 0.995. The average Bonchev–Trinajstić information content (AvgIpc) is 2.07. The highest BCUT2D eigenvalue weighted by Gasteiger charge is 1.88. The molecule has 0 aliphatic heterocycles. The minimum absolute atomic E-state index is 0.995. The van der Waals surface area contributed by atoms with Crippen LogP contribution in [0.3, 0.4) is 0 Å². The molecule has 0 aromatic heterocycles. The minimum Gasteiger partial charge on any atom is -0.315 e. The van der Waals surface area contributed by atoms with Gasteiger partial charge < -0.3 is 5.32 Å². The molecule has 0 saturated heterocycles. The van der Waals surface area contributed by atoms with E-state index in [2.05, 4.69) is 36.6 Å². The Balaban J connectivity index is 2.28. The molecule has 1 heteroatoms. The van der Waals surface area contributed by atoms with Gasteiger partial charge in [0.25, 0.3) is 0 Å². The Morgan fingerprint density at radius 1 is 1.18 bits per heavy atom. The Labute approximate surface area is 68.4 Å². The van der Waals surface area contributed by atoms with Gasteiger partial charge in [-0.15, -0.1) is 0 Å². The molecule has 0 fully saturated rings. The molecule has 11 heavy (non-hydrogen) atoms. The van der Waals surface area contributed by atoms with Crippen molar-refractivity contribution in [2.24, 2.45) is 0 Å². The van der Waals surface area contributed by atoms with Gasteiger partial charge in [0.05, 0.1) is 0 Å². The summed E-state index contributed by atoms with van der Waals surface area (Å²) in [5.74, 6) is 0. The van der Waals surface area contributed by atoms with Crippen LogP contribution in [0.2, 0.25) is 0 Å². The first-order valence-corrected chi connectivity index (χ1v) is 3.97. The third-order valence-corrected chi connectivity index (χ3v) is 1.66. The molecule has 1 aromatic carbocycles. The number of hydrogen-bond acceptors (Lipinski definition) is 1. The van der Waals surface area contributed by atoms with Crippen LogP contribution in [0, 0.1) is 7.05 Å². The second kappa shape index (κ2) is 4.91. The maximum Gasteiger partial charge on any atom is 0.00767 e. The highest BCUT2D eigenvalue weighted by Crippen LogP contribution is 2.00. The first-order valence-electron chi connectivity index (χ1n) is 3.97. The van der Waals surface area contributed by atoms with E-state index >= 15 is 0 Å². The van der Waals surface area contributed by atoms with Gasteiger partial charge in [0.2, 0.25) is 0 Å². The molecule has 1 rings (SSSR count). The number of rotatable bonds is 4. The zero-order valence-corrected chi connectivity index (χ0v) is 6.72. The van der Waals surface area contributed by atoms with Gasteiger partial charge in [-0.1, -0.05) is 30.3 Å². The van der Waals surface area contributed by atoms with Crippen molar-refractivity contribution in [3.8, 4) is 0 Å². The third kappa shape index (κ3) is 3.19. The van der Waals surface area contributed by atoms with Crippen molar-refractivity contribution in [3.63, 3.8) is 0 Å². The monoisotopic (exact) mass is 148 g/mol. The van der Waals surface area contributed by atoms with Crippen LogP contribution in [0.15, 0.2) is 30.3 Å². The summed E-state index contributed by atoms with van der Waals surface area (Å²) in [4.78, 5) is 0. The Morgan fingerprint density at radius 2 is 1.91 bits per heavy atom. The summed E-state index contributed by atoms with van der Waals surface area (Å²) in [6.07, 6.45) is 2.30. The summed E-state index contributed by atoms with van der Waals surface area (Å²) >= 11 is 0. The summed E-state index contributed by atoms with van der Waals surface area (Å²) in [7, 11) is 3.57. The topological polar surface area (TPSA) is 12.0 Å². The molecule has 0 spiro atoms. The molecule has 0 atom stereocenters. The van der Waals surface area contributed by atoms with Crippen molar-refractivity contribution in [1.29, 1.82) is 0 Å². The van der Waals surface area contributed by atoms with E-state index in [1.807, 2.05) is 6.07 Å². The summed E-state index contributed by atoms with van der Waals surface area (Å²) in [5.41, 5.74) is 1.41. The standard InChI is InChI=1S/C10H14N/c1-11-9-5-8-10-6-3-2-4-7-10/h2-4,6-7,11H,1,5,8-9H2. The molecule has 0 bridgehead atoms. The number of aryl methyl sites for hydroxylation is 1. The Kier molecular flexibility index (Phi) is 3.70. The van der Waals surface area contributed by atoms with Crippen molar-refractivity contribution in [3.05, 3.63) is 42.9 Å². The fraction of sp³-hybridized carbons (Fsp3) is 0.300. The van der Waals surface area contributed by atoms with Gasteiger partial charge in [-0.05, 0) is 24.9 Å². The summed E-state index contributed by atoms with van der Waals surface area (Å²) in [5, 5.41) is 2.89. The zero-order valence-electron chi connectivity index (χ0n) is 6.72. The highest BCUT2D eigenvalue weighted by molar-refractivity contribution is 5.14. The van der Waals surface area contributed by atoms with Gasteiger partial charge in [0, 0.05) is 7.05 Å². The highest BCUT2D eigenvalue weighted by atomic mass is 14.8. The predicted molar refractivity (Wildman–Crippen MR) is 48.1 cm³/mol. The number of hydrogen-bond donors (Lipinski definition) is 1. The van der Waals surface area contributed by atoms with Crippen LogP contribution in [0.1, 0.15) is 12.0 Å². The molecule has 0 aliphatic rings. The lowest BCUT2D eigenvalue weighted by molar-refractivity contribution is 0.749. The van der Waals surface area contributed by atoms with E-state index < -0.39 is 0 Å². The quantitative estimate of drug-likeness (QED) is 0.644. The van der Waals surface area contributed by atoms with Crippen molar-refractivity contribution in [2.45, 2.75) is 12.8 Å². The molecule has 1 N–H and O–H groups in total. The Hall–Kier alpha value is -0.820. The van der Waals surface area contributed by atoms with Crippen LogP contribution in [0.25, 0.3) is 0 Å². The van der Waals surface area contributed by atoms with Gasteiger partial charge >= 0.3 is 0 Å². The van der Waals surface area contributed by atoms with Gasteiger partial charge in [-0.3, -0.25) is 0 Å². The molecule has 0 aliphatic carbocycles. The lowest BCUT2D eigenvalue weighted by Gasteiger charge is -1.99. The van der Waals surface area contributed by atoms with E-state index in [1.165, 1.54) is 5.56 Å². The van der Waals surface area contributed by atoms with Gasteiger partial charge in [0.1, 0.15) is 0 Å². The normalized spacial score (nSPS) is 9.91. The van der Waals surface area contributed by atoms with Crippen LogP contribution in [-0.4, -0.2) is 6.54 Å². The van der Waals surface area contributed by atoms with Gasteiger partial charge in [0.15, 0.2) is 0 Å². The molecule has 59 valence electrons. The molecule has 1 nitrogen and oxygen atoms in total. The summed E-state index contributed by atoms with van der Waals surface area (Å²) < 4.78 is 0. The van der Waals surface area contributed by atoms with E-state index in [1.54, 1.807) is 0 Å². The predicted octanol–water partition coefficient (Wildman–Crippen LogP) is 2.00. The summed E-state index contributed by atoms with van der Waals surface area (Å²) in [6, 6.07) is 10.5. The Bertz CT molecular complexity index is 181. The maximum absolute atomic E-state index is 3.57. The second-order valence-electron chi connectivity index (χ2n) is 2.59. The van der Waals surface area contributed by atoms with Crippen molar-refractivity contribution in [1.82, 2.24) is 5.32 Å². The molecule has 1 aromatic rings. The van der Waals surface area contributed by atoms with E-state index in [9.17, 15) is 0 Å². The lowest BCUT2D eigenvalue weighted by atomic mass is 10.1. The lowest BCUT2D eigenvalue weighted by Crippen LogP contribution is -2.05. The van der Waals surface area contributed by atoms with Crippen LogP contribution in [0.5, 0.6) is 0 Å². The number of benzene rings is 1. The van der Waals surface area contributed by atoms with Crippen LogP contribution < -0.4 is 5.32 Å². The average molecular weight is 148 g/mol. The van der Waals surface area contributed by atoms with Gasteiger partial charge in [-0.2, -0.15) is 0 Å². The SMILES string of the molecule is [CH2]NCCCc1ccccc1. The fourth-order valence-electron chi connectivity index (χ4n) is 1.06. The summed E-state index contributed by atoms with van der Waals surface area (Å²) in [6.45, 7) is 0.995. The van der Waals surface area contributed by atoms with Crippen molar-refractivity contribution < 1.29 is 0 Å². The second-order valence-corrected chi connectivity index (χ2v) is 2.59. The largest absolute Gasteiger partial charge is 0.315 e. The first-order chi connectivity index (χ1) is 5.43. The smallest absolute Gasteiger partial charge is 0.00767 e. The molecular weight excluding hydrogens is 134 g/mol. The number of nitrogens with one attached hydrogen (secondary N) is 1. The zero-order chi connectivity index (χ0) is 7.94. The fourth-order valence-corrected chi connectivity index (χ4v) is 1.06. The maximum atomic E-state index is 3.57. The molecule has 0 unspecified atom stereocenters. The van der Waals surface area contributed by atoms with E-state index in [0.29, 0.717) is 0 Å².